The van der Waals surface area contributed by atoms with Crippen LogP contribution in [0.5, 0.6) is 0 Å². The number of aryl methyl sites for hydroxylation is 2. The molecule has 0 saturated heterocycles. The van der Waals surface area contributed by atoms with Crippen molar-refractivity contribution >= 4 is 11.9 Å². The van der Waals surface area contributed by atoms with Gasteiger partial charge < -0.3 is 19.4 Å². The van der Waals surface area contributed by atoms with Crippen LogP contribution in [0, 0.1) is 19.7 Å². The van der Waals surface area contributed by atoms with E-state index in [9.17, 15) is 19.1 Å². The Hall–Kier alpha value is -3.42. The van der Waals surface area contributed by atoms with Crippen molar-refractivity contribution in [1.29, 1.82) is 0 Å². The maximum Gasteiger partial charge on any atom is 0.375 e. The molecule has 0 fully saturated rings. The summed E-state index contributed by atoms with van der Waals surface area (Å²) in [6.07, 6.45) is 0. The number of carbonyl (C=O) groups is 2. The van der Waals surface area contributed by atoms with Crippen molar-refractivity contribution in [1.82, 2.24) is 10.5 Å². The van der Waals surface area contributed by atoms with Crippen molar-refractivity contribution < 1.29 is 28.0 Å². The van der Waals surface area contributed by atoms with E-state index < -0.39 is 23.7 Å². The highest BCUT2D eigenvalue weighted by molar-refractivity contribution is 5.96. The van der Waals surface area contributed by atoms with Crippen LogP contribution in [0.3, 0.4) is 0 Å². The molecule has 0 saturated carbocycles. The number of aromatic nitrogens is 1. The largest absolute Gasteiger partial charge is 0.475 e. The molecular formula is C19H17FN2O5. The number of carbonyl (C=O) groups excluding carboxylic acids is 1. The van der Waals surface area contributed by atoms with Gasteiger partial charge in [-0.1, -0.05) is 5.16 Å². The molecule has 8 heteroatoms. The number of nitrogens with one attached hydrogen (secondary N) is 1. The molecule has 0 bridgehead atoms. The molecule has 1 aromatic carbocycles. The van der Waals surface area contributed by atoms with E-state index in [2.05, 4.69) is 10.5 Å². The summed E-state index contributed by atoms with van der Waals surface area (Å²) in [6.45, 7) is 5.01. The van der Waals surface area contributed by atoms with Crippen molar-refractivity contribution in [3.8, 4) is 11.3 Å². The second-order valence-corrected chi connectivity index (χ2v) is 6.11. The summed E-state index contributed by atoms with van der Waals surface area (Å²) >= 11 is 0. The highest BCUT2D eigenvalue weighted by Gasteiger charge is 2.28. The van der Waals surface area contributed by atoms with Gasteiger partial charge in [0.25, 0.3) is 5.91 Å². The molecule has 7 nitrogen and oxygen atoms in total. The lowest BCUT2D eigenvalue weighted by Gasteiger charge is -2.14. The molecule has 0 unspecified atom stereocenters. The summed E-state index contributed by atoms with van der Waals surface area (Å²) in [5, 5.41) is 15.9. The summed E-state index contributed by atoms with van der Waals surface area (Å²) in [4.78, 5) is 24.1. The standard InChI is InChI=1S/C19H17FN2O5/c1-9-8-14(11(3)26-9)18(23)21-10(2)15-16(22-27-17(15)19(24)25)12-4-6-13(20)7-5-12/h4-8,10H,1-3H3,(H,21,23)(H,24,25)/t10-/m1/s1. The lowest BCUT2D eigenvalue weighted by Crippen LogP contribution is -2.28. The number of aromatic carboxylic acids is 1. The second kappa shape index (κ2) is 7.06. The molecule has 2 aromatic heterocycles. The molecular weight excluding hydrogens is 355 g/mol. The quantitative estimate of drug-likeness (QED) is 0.704. The average Bonchev–Trinajstić information content (AvgIpc) is 3.19. The number of halogens is 1. The third-order valence-electron chi connectivity index (χ3n) is 4.11. The average molecular weight is 372 g/mol. The molecule has 2 heterocycles. The molecule has 1 atom stereocenters. The first kappa shape index (κ1) is 18.4. The maximum atomic E-state index is 13.2. The molecule has 3 aromatic rings. The molecule has 1 amide bonds. The van der Waals surface area contributed by atoms with Crippen LogP contribution in [0.2, 0.25) is 0 Å². The van der Waals surface area contributed by atoms with Gasteiger partial charge >= 0.3 is 5.97 Å². The third-order valence-corrected chi connectivity index (χ3v) is 4.11. The van der Waals surface area contributed by atoms with Crippen LogP contribution in [-0.4, -0.2) is 22.1 Å². The minimum atomic E-state index is -1.32. The Morgan fingerprint density at radius 1 is 1.22 bits per heavy atom. The third kappa shape index (κ3) is 3.59. The van der Waals surface area contributed by atoms with Crippen molar-refractivity contribution in [3.63, 3.8) is 0 Å². The highest BCUT2D eigenvalue weighted by atomic mass is 19.1. The first-order valence-electron chi connectivity index (χ1n) is 8.14. The minimum absolute atomic E-state index is 0.195. The van der Waals surface area contributed by atoms with Crippen LogP contribution in [0.25, 0.3) is 11.3 Å². The number of benzene rings is 1. The van der Waals surface area contributed by atoms with Crippen LogP contribution in [0.1, 0.15) is 51.0 Å². The normalized spacial score (nSPS) is 12.0. The molecule has 0 aliphatic rings. The van der Waals surface area contributed by atoms with E-state index in [1.165, 1.54) is 24.3 Å². The lowest BCUT2D eigenvalue weighted by atomic mass is 10.00. The van der Waals surface area contributed by atoms with Gasteiger partial charge in [0.1, 0.15) is 23.0 Å². The van der Waals surface area contributed by atoms with Gasteiger partial charge in [-0.15, -0.1) is 0 Å². The van der Waals surface area contributed by atoms with E-state index in [0.717, 1.165) is 0 Å². The Balaban J connectivity index is 1.97. The van der Waals surface area contributed by atoms with Gasteiger partial charge in [0.05, 0.1) is 17.2 Å². The van der Waals surface area contributed by atoms with Crippen molar-refractivity contribution in [2.75, 3.05) is 0 Å². The van der Waals surface area contributed by atoms with Gasteiger partial charge in [0, 0.05) is 5.56 Å². The van der Waals surface area contributed by atoms with E-state index in [1.54, 1.807) is 26.8 Å². The Bertz CT molecular complexity index is 1000. The molecule has 140 valence electrons. The summed E-state index contributed by atoms with van der Waals surface area (Å²) < 4.78 is 23.5. The molecule has 27 heavy (non-hydrogen) atoms. The summed E-state index contributed by atoms with van der Waals surface area (Å²) in [5.74, 6) is -1.51. The number of carboxylic acids is 1. The zero-order chi connectivity index (χ0) is 19.7. The number of nitrogens with zero attached hydrogens (tertiary/aromatic N) is 1. The van der Waals surface area contributed by atoms with Gasteiger partial charge in [0.15, 0.2) is 0 Å². The van der Waals surface area contributed by atoms with E-state index in [0.29, 0.717) is 22.6 Å². The van der Waals surface area contributed by atoms with E-state index in [-0.39, 0.29) is 17.0 Å². The fourth-order valence-electron chi connectivity index (χ4n) is 2.87. The van der Waals surface area contributed by atoms with Gasteiger partial charge in [-0.25, -0.2) is 9.18 Å². The van der Waals surface area contributed by atoms with Crippen LogP contribution in [0.15, 0.2) is 39.3 Å². The lowest BCUT2D eigenvalue weighted by molar-refractivity contribution is 0.0648. The summed E-state index contributed by atoms with van der Waals surface area (Å²) in [5.41, 5.74) is 1.25. The minimum Gasteiger partial charge on any atom is -0.475 e. The van der Waals surface area contributed by atoms with Crippen LogP contribution in [0.4, 0.5) is 4.39 Å². The maximum absolute atomic E-state index is 13.2. The fraction of sp³-hybridized carbons (Fsp3) is 0.211. The second-order valence-electron chi connectivity index (χ2n) is 6.11. The SMILES string of the molecule is Cc1cc(C(=O)N[C@H](C)c2c(-c3ccc(F)cc3)noc2C(=O)O)c(C)o1. The van der Waals surface area contributed by atoms with Crippen LogP contribution < -0.4 is 5.32 Å². The fourth-order valence-corrected chi connectivity index (χ4v) is 2.87. The predicted octanol–water partition coefficient (Wildman–Crippen LogP) is 3.88. The monoisotopic (exact) mass is 372 g/mol. The predicted molar refractivity (Wildman–Crippen MR) is 92.9 cm³/mol. The van der Waals surface area contributed by atoms with E-state index in [4.69, 9.17) is 8.94 Å². The smallest absolute Gasteiger partial charge is 0.375 e. The first-order chi connectivity index (χ1) is 12.8. The number of rotatable bonds is 5. The molecule has 0 aliphatic heterocycles. The molecule has 0 spiro atoms. The van der Waals surface area contributed by atoms with Crippen LogP contribution >= 0.6 is 0 Å². The highest BCUT2D eigenvalue weighted by Crippen LogP contribution is 2.31. The van der Waals surface area contributed by atoms with Crippen molar-refractivity contribution in [3.05, 3.63) is 64.6 Å². The zero-order valence-corrected chi connectivity index (χ0v) is 14.9. The number of furan rings is 1. The van der Waals surface area contributed by atoms with Gasteiger partial charge in [-0.05, 0) is 51.1 Å². The molecule has 3 rings (SSSR count). The Morgan fingerprint density at radius 2 is 1.89 bits per heavy atom. The Morgan fingerprint density at radius 3 is 2.44 bits per heavy atom. The van der Waals surface area contributed by atoms with Crippen molar-refractivity contribution in [2.24, 2.45) is 0 Å². The topological polar surface area (TPSA) is 106 Å². The number of amides is 1. The molecule has 2 N–H and O–H groups in total. The molecule has 0 radical (unpaired) electrons. The van der Waals surface area contributed by atoms with Gasteiger partial charge in [-0.3, -0.25) is 4.79 Å². The van der Waals surface area contributed by atoms with Crippen LogP contribution in [-0.2, 0) is 0 Å². The number of carboxylic acid groups (broad SMARTS) is 1. The molecule has 0 aliphatic carbocycles. The number of hydrogen-bond donors (Lipinski definition) is 2. The van der Waals surface area contributed by atoms with E-state index >= 15 is 0 Å². The van der Waals surface area contributed by atoms with E-state index in [1.807, 2.05) is 0 Å². The summed E-state index contributed by atoms with van der Waals surface area (Å²) in [6, 6.07) is 6.25. The number of hydrogen-bond acceptors (Lipinski definition) is 5. The Kier molecular flexibility index (Phi) is 4.81. The zero-order valence-electron chi connectivity index (χ0n) is 14.9. The van der Waals surface area contributed by atoms with Gasteiger partial charge in [0.2, 0.25) is 5.76 Å². The first-order valence-corrected chi connectivity index (χ1v) is 8.14. The summed E-state index contributed by atoms with van der Waals surface area (Å²) in [7, 11) is 0. The van der Waals surface area contributed by atoms with Crippen molar-refractivity contribution in [2.45, 2.75) is 26.8 Å². The Labute approximate surface area is 153 Å². The van der Waals surface area contributed by atoms with Gasteiger partial charge in [-0.2, -0.15) is 0 Å².